The molecule has 1 aromatic heterocycles. The Hall–Kier alpha value is -2.14. The number of hydrogen-bond donors (Lipinski definition) is 1. The van der Waals surface area contributed by atoms with Gasteiger partial charge in [-0.3, -0.25) is 0 Å². The molecule has 5 heteroatoms. The molecule has 0 aliphatic heterocycles. The van der Waals surface area contributed by atoms with E-state index in [-0.39, 0.29) is 11.6 Å². The van der Waals surface area contributed by atoms with Crippen LogP contribution in [0.3, 0.4) is 0 Å². The van der Waals surface area contributed by atoms with Gasteiger partial charge in [0, 0.05) is 11.8 Å². The van der Waals surface area contributed by atoms with Crippen LogP contribution in [0.2, 0.25) is 0 Å². The van der Waals surface area contributed by atoms with Crippen LogP contribution in [-0.4, -0.2) is 12.1 Å². The topological polar surface area (TPSA) is 34.1 Å². The lowest BCUT2D eigenvalue weighted by molar-refractivity contribution is 0.386. The number of nitrogens with zero attached hydrogens (tertiary/aromatic N) is 1. The second-order valence-corrected chi connectivity index (χ2v) is 5.39. The number of rotatable bonds is 4. The summed E-state index contributed by atoms with van der Waals surface area (Å²) in [6.07, 6.45) is 0. The molecule has 0 aliphatic carbocycles. The molecule has 20 heavy (non-hydrogen) atoms. The lowest BCUT2D eigenvalue weighted by Gasteiger charge is -2.06. The zero-order valence-electron chi connectivity index (χ0n) is 10.9. The Balaban J connectivity index is 1.74. The van der Waals surface area contributed by atoms with Gasteiger partial charge in [0.1, 0.15) is 5.01 Å². The van der Waals surface area contributed by atoms with Crippen molar-refractivity contribution in [2.75, 3.05) is 12.4 Å². The largest absolute Gasteiger partial charge is 0.494 e. The summed E-state index contributed by atoms with van der Waals surface area (Å²) in [7, 11) is 1.45. The van der Waals surface area contributed by atoms with Crippen LogP contribution in [0.1, 0.15) is 5.01 Å². The van der Waals surface area contributed by atoms with E-state index in [1.807, 2.05) is 24.3 Å². The van der Waals surface area contributed by atoms with Gasteiger partial charge in [-0.05, 0) is 24.3 Å². The molecule has 0 spiro atoms. The van der Waals surface area contributed by atoms with Crippen LogP contribution >= 0.6 is 11.3 Å². The summed E-state index contributed by atoms with van der Waals surface area (Å²) in [5.41, 5.74) is 1.71. The van der Waals surface area contributed by atoms with Crippen molar-refractivity contribution in [3.8, 4) is 5.75 Å². The number of anilines is 1. The number of hydrogen-bond acceptors (Lipinski definition) is 4. The fourth-order valence-corrected chi connectivity index (χ4v) is 2.86. The van der Waals surface area contributed by atoms with Crippen molar-refractivity contribution in [2.45, 2.75) is 6.54 Å². The van der Waals surface area contributed by atoms with Crippen LogP contribution in [0.4, 0.5) is 10.1 Å². The van der Waals surface area contributed by atoms with Gasteiger partial charge in [0.2, 0.25) is 0 Å². The maximum absolute atomic E-state index is 13.6. The highest BCUT2D eigenvalue weighted by molar-refractivity contribution is 7.18. The molecule has 3 nitrogen and oxygen atoms in total. The maximum Gasteiger partial charge on any atom is 0.167 e. The molecule has 0 fully saturated rings. The van der Waals surface area contributed by atoms with Gasteiger partial charge in [-0.2, -0.15) is 0 Å². The summed E-state index contributed by atoms with van der Waals surface area (Å²) in [6, 6.07) is 12.8. The second kappa shape index (κ2) is 5.46. The van der Waals surface area contributed by atoms with E-state index in [0.29, 0.717) is 12.2 Å². The molecule has 0 atom stereocenters. The van der Waals surface area contributed by atoms with Crippen molar-refractivity contribution in [2.24, 2.45) is 0 Å². The summed E-state index contributed by atoms with van der Waals surface area (Å²) in [6.45, 7) is 0.575. The van der Waals surface area contributed by atoms with E-state index in [1.54, 1.807) is 23.5 Å². The number of aromatic nitrogens is 1. The Morgan fingerprint density at radius 1 is 1.25 bits per heavy atom. The van der Waals surface area contributed by atoms with Gasteiger partial charge in [-0.1, -0.05) is 12.1 Å². The van der Waals surface area contributed by atoms with E-state index in [1.165, 1.54) is 13.2 Å². The van der Waals surface area contributed by atoms with Gasteiger partial charge in [0.05, 0.1) is 23.9 Å². The van der Waals surface area contributed by atoms with Crippen LogP contribution in [0.15, 0.2) is 42.5 Å². The van der Waals surface area contributed by atoms with Gasteiger partial charge >= 0.3 is 0 Å². The molecule has 3 rings (SSSR count). The number of ether oxygens (including phenoxy) is 1. The lowest BCUT2D eigenvalue weighted by atomic mass is 10.3. The molecule has 0 saturated carbocycles. The monoisotopic (exact) mass is 288 g/mol. The third-order valence-electron chi connectivity index (χ3n) is 2.93. The summed E-state index contributed by atoms with van der Waals surface area (Å²) in [5.74, 6) is -0.127. The fraction of sp³-hybridized carbons (Fsp3) is 0.133. The van der Waals surface area contributed by atoms with Crippen LogP contribution in [0.5, 0.6) is 5.75 Å². The van der Waals surface area contributed by atoms with E-state index in [4.69, 9.17) is 4.74 Å². The molecule has 0 unspecified atom stereocenters. The molecule has 2 aromatic carbocycles. The van der Waals surface area contributed by atoms with Crippen LogP contribution < -0.4 is 10.1 Å². The Labute approximate surface area is 120 Å². The summed E-state index contributed by atoms with van der Waals surface area (Å²) < 4.78 is 19.6. The molecule has 3 aromatic rings. The van der Waals surface area contributed by atoms with Gasteiger partial charge < -0.3 is 10.1 Å². The second-order valence-electron chi connectivity index (χ2n) is 4.28. The van der Waals surface area contributed by atoms with Crippen LogP contribution in [-0.2, 0) is 6.54 Å². The minimum Gasteiger partial charge on any atom is -0.494 e. The van der Waals surface area contributed by atoms with Crippen molar-refractivity contribution in [1.29, 1.82) is 0 Å². The zero-order valence-corrected chi connectivity index (χ0v) is 11.7. The average molecular weight is 288 g/mol. The molecule has 1 heterocycles. The Morgan fingerprint density at radius 2 is 2.10 bits per heavy atom. The lowest BCUT2D eigenvalue weighted by Crippen LogP contribution is -1.99. The average Bonchev–Trinajstić information content (AvgIpc) is 2.88. The normalized spacial score (nSPS) is 10.7. The van der Waals surface area contributed by atoms with Gasteiger partial charge in [0.25, 0.3) is 0 Å². The highest BCUT2D eigenvalue weighted by Crippen LogP contribution is 2.24. The number of benzene rings is 2. The number of methoxy groups -OCH3 is 1. The van der Waals surface area contributed by atoms with E-state index < -0.39 is 0 Å². The SMILES string of the molecule is COc1ccc(NCc2nc3ccccc3s2)cc1F. The first-order chi connectivity index (χ1) is 9.76. The predicted octanol–water partition coefficient (Wildman–Crippen LogP) is 4.06. The van der Waals surface area contributed by atoms with E-state index >= 15 is 0 Å². The van der Waals surface area contributed by atoms with Crippen molar-refractivity contribution >= 4 is 27.2 Å². The highest BCUT2D eigenvalue weighted by Gasteiger charge is 2.05. The number of halogens is 1. The quantitative estimate of drug-likeness (QED) is 0.786. The molecule has 0 saturated heterocycles. The maximum atomic E-state index is 13.6. The van der Waals surface area contributed by atoms with Gasteiger partial charge in [-0.15, -0.1) is 11.3 Å². The third kappa shape index (κ3) is 2.58. The van der Waals surface area contributed by atoms with Crippen molar-refractivity contribution in [3.05, 3.63) is 53.3 Å². The number of thiazole rings is 1. The summed E-state index contributed by atoms with van der Waals surface area (Å²) >= 11 is 1.64. The Morgan fingerprint density at radius 3 is 2.85 bits per heavy atom. The summed E-state index contributed by atoms with van der Waals surface area (Å²) in [5, 5.41) is 4.14. The number of fused-ring (bicyclic) bond motifs is 1. The Kier molecular flexibility index (Phi) is 3.52. The van der Waals surface area contributed by atoms with Crippen LogP contribution in [0.25, 0.3) is 10.2 Å². The first-order valence-corrected chi connectivity index (χ1v) is 7.00. The molecule has 0 amide bonds. The van der Waals surface area contributed by atoms with Gasteiger partial charge in [-0.25, -0.2) is 9.37 Å². The first kappa shape index (κ1) is 12.9. The van der Waals surface area contributed by atoms with E-state index in [9.17, 15) is 4.39 Å². The van der Waals surface area contributed by atoms with Crippen molar-refractivity contribution in [1.82, 2.24) is 4.98 Å². The van der Waals surface area contributed by atoms with Gasteiger partial charge in [0.15, 0.2) is 11.6 Å². The predicted molar refractivity (Wildman–Crippen MR) is 79.9 cm³/mol. The Bertz CT molecular complexity index is 709. The third-order valence-corrected chi connectivity index (χ3v) is 3.97. The molecular weight excluding hydrogens is 275 g/mol. The van der Waals surface area contributed by atoms with Crippen molar-refractivity contribution in [3.63, 3.8) is 0 Å². The smallest absolute Gasteiger partial charge is 0.167 e. The number of nitrogens with one attached hydrogen (secondary N) is 1. The van der Waals surface area contributed by atoms with E-state index in [2.05, 4.69) is 10.3 Å². The molecule has 1 N–H and O–H groups in total. The zero-order chi connectivity index (χ0) is 13.9. The molecule has 0 radical (unpaired) electrons. The minimum absolute atomic E-state index is 0.246. The minimum atomic E-state index is -0.373. The molecular formula is C15H13FN2OS. The molecule has 0 aliphatic rings. The molecule has 102 valence electrons. The van der Waals surface area contributed by atoms with Crippen LogP contribution in [0, 0.1) is 5.82 Å². The standard InChI is InChI=1S/C15H13FN2OS/c1-19-13-7-6-10(8-11(13)16)17-9-15-18-12-4-2-3-5-14(12)20-15/h2-8,17H,9H2,1H3. The fourth-order valence-electron chi connectivity index (χ4n) is 1.95. The van der Waals surface area contributed by atoms with E-state index in [0.717, 1.165) is 15.2 Å². The number of para-hydroxylation sites is 1. The first-order valence-electron chi connectivity index (χ1n) is 6.18. The molecule has 0 bridgehead atoms. The van der Waals surface area contributed by atoms with Crippen molar-refractivity contribution < 1.29 is 9.13 Å². The highest BCUT2D eigenvalue weighted by atomic mass is 32.1. The summed E-state index contributed by atoms with van der Waals surface area (Å²) in [4.78, 5) is 4.52.